The number of likely N-dealkylation sites (tertiary alicyclic amines) is 1. The first kappa shape index (κ1) is 23.7. The van der Waals surface area contributed by atoms with Gasteiger partial charge in [0.15, 0.2) is 0 Å². The van der Waals surface area contributed by atoms with E-state index in [1.54, 1.807) is 0 Å². The molecular weight excluding hydrogens is 363 g/mol. The van der Waals surface area contributed by atoms with Crippen LogP contribution in [0.4, 0.5) is 0 Å². The van der Waals surface area contributed by atoms with Gasteiger partial charge in [0.25, 0.3) is 0 Å². The van der Waals surface area contributed by atoms with E-state index in [1.165, 1.54) is 24.0 Å². The van der Waals surface area contributed by atoms with Gasteiger partial charge in [0.1, 0.15) is 0 Å². The summed E-state index contributed by atoms with van der Waals surface area (Å²) in [5.74, 6) is -0.516. The molecule has 142 valence electrons. The van der Waals surface area contributed by atoms with Gasteiger partial charge in [-0.2, -0.15) is 0 Å². The predicted molar refractivity (Wildman–Crippen MR) is 104 cm³/mol. The van der Waals surface area contributed by atoms with E-state index in [0.29, 0.717) is 6.54 Å². The quantitative estimate of drug-likeness (QED) is 0.651. The largest absolute Gasteiger partial charge is 0.353 e. The van der Waals surface area contributed by atoms with Crippen molar-refractivity contribution in [3.05, 3.63) is 35.4 Å². The molecule has 1 aromatic rings. The third-order valence-corrected chi connectivity index (χ3v) is 4.17. The molecule has 8 heteroatoms. The monoisotopic (exact) mass is 390 g/mol. The summed E-state index contributed by atoms with van der Waals surface area (Å²) < 4.78 is 0. The van der Waals surface area contributed by atoms with Crippen molar-refractivity contribution in [3.8, 4) is 0 Å². The van der Waals surface area contributed by atoms with Gasteiger partial charge < -0.3 is 16.4 Å². The van der Waals surface area contributed by atoms with Crippen LogP contribution >= 0.6 is 24.8 Å². The Morgan fingerprint density at radius 1 is 1.08 bits per heavy atom. The minimum atomic E-state index is -0.324. The molecule has 2 rings (SSSR count). The molecule has 1 heterocycles. The fourth-order valence-corrected chi connectivity index (χ4v) is 2.82. The highest BCUT2D eigenvalue weighted by Crippen LogP contribution is 2.24. The van der Waals surface area contributed by atoms with Gasteiger partial charge in [0.2, 0.25) is 11.8 Å². The van der Waals surface area contributed by atoms with E-state index in [1.807, 2.05) is 0 Å². The number of rotatable bonds is 7. The molecule has 1 saturated heterocycles. The summed E-state index contributed by atoms with van der Waals surface area (Å²) in [6.45, 7) is 4.58. The van der Waals surface area contributed by atoms with Crippen LogP contribution in [0.2, 0.25) is 0 Å². The van der Waals surface area contributed by atoms with Crippen molar-refractivity contribution in [2.45, 2.75) is 25.8 Å². The van der Waals surface area contributed by atoms with Gasteiger partial charge in [-0.05, 0) is 38.4 Å². The van der Waals surface area contributed by atoms with Crippen LogP contribution in [0.3, 0.4) is 0 Å². The molecule has 0 radical (unpaired) electrons. The number of carbonyl (C=O) groups is 2. The van der Waals surface area contributed by atoms with Gasteiger partial charge in [-0.15, -0.1) is 24.8 Å². The molecule has 4 N–H and O–H groups in total. The first-order chi connectivity index (χ1) is 11.1. The Balaban J connectivity index is 0.00000288. The summed E-state index contributed by atoms with van der Waals surface area (Å²) in [7, 11) is 0. The second-order valence-electron chi connectivity index (χ2n) is 5.95. The van der Waals surface area contributed by atoms with Gasteiger partial charge in [-0.1, -0.05) is 29.8 Å². The molecule has 6 nitrogen and oxygen atoms in total. The maximum Gasteiger partial charge on any atom is 0.239 e. The lowest BCUT2D eigenvalue weighted by atomic mass is 10.0. The summed E-state index contributed by atoms with van der Waals surface area (Å²) in [6, 6.07) is 8.62. The minimum absolute atomic E-state index is 0. The third kappa shape index (κ3) is 7.61. The van der Waals surface area contributed by atoms with Crippen LogP contribution in [0.25, 0.3) is 0 Å². The Morgan fingerprint density at radius 2 is 1.68 bits per heavy atom. The molecule has 0 bridgehead atoms. The van der Waals surface area contributed by atoms with Crippen molar-refractivity contribution in [1.29, 1.82) is 0 Å². The summed E-state index contributed by atoms with van der Waals surface area (Å²) in [5.41, 5.74) is 7.64. The fourth-order valence-electron chi connectivity index (χ4n) is 2.82. The van der Waals surface area contributed by atoms with E-state index >= 15 is 0 Å². The Kier molecular flexibility index (Phi) is 11.4. The minimum Gasteiger partial charge on any atom is -0.353 e. The van der Waals surface area contributed by atoms with E-state index in [0.717, 1.165) is 13.1 Å². The maximum absolute atomic E-state index is 11.9. The highest BCUT2D eigenvalue weighted by Gasteiger charge is 2.23. The van der Waals surface area contributed by atoms with Crippen molar-refractivity contribution < 1.29 is 9.59 Å². The summed E-state index contributed by atoms with van der Waals surface area (Å²) in [6.07, 6.45) is 2.39. The lowest BCUT2D eigenvalue weighted by Crippen LogP contribution is -2.42. The first-order valence-electron chi connectivity index (χ1n) is 8.14. The zero-order valence-electron chi connectivity index (χ0n) is 14.5. The second-order valence-corrected chi connectivity index (χ2v) is 5.95. The molecule has 1 aliphatic heterocycles. The molecule has 0 saturated carbocycles. The Bertz CT molecular complexity index is 534. The van der Waals surface area contributed by atoms with Crippen molar-refractivity contribution in [2.24, 2.45) is 5.73 Å². The number of hydrogen-bond donors (Lipinski definition) is 3. The molecule has 1 aromatic carbocycles. The second kappa shape index (κ2) is 12.1. The molecule has 0 aliphatic carbocycles. The van der Waals surface area contributed by atoms with Crippen LogP contribution in [0.5, 0.6) is 0 Å². The molecule has 2 amide bonds. The topological polar surface area (TPSA) is 87.5 Å². The first-order valence-corrected chi connectivity index (χ1v) is 8.14. The molecule has 0 aromatic heterocycles. The van der Waals surface area contributed by atoms with Gasteiger partial charge in [0, 0.05) is 6.54 Å². The molecule has 1 atom stereocenters. The SMILES string of the molecule is Cc1ccc(C(CNC(=O)CNC(=O)CN)N2CCCC2)cc1.Cl.Cl. The normalized spacial score (nSPS) is 14.8. The van der Waals surface area contributed by atoms with Crippen LogP contribution in [0.1, 0.15) is 30.0 Å². The number of carbonyl (C=O) groups excluding carboxylic acids is 2. The molecule has 1 fully saturated rings. The van der Waals surface area contributed by atoms with Crippen LogP contribution < -0.4 is 16.4 Å². The number of amides is 2. The number of halogens is 2. The Morgan fingerprint density at radius 3 is 2.24 bits per heavy atom. The van der Waals surface area contributed by atoms with E-state index < -0.39 is 0 Å². The Labute approximate surface area is 161 Å². The van der Waals surface area contributed by atoms with E-state index in [9.17, 15) is 9.59 Å². The lowest BCUT2D eigenvalue weighted by Gasteiger charge is -2.28. The third-order valence-electron chi connectivity index (χ3n) is 4.17. The summed E-state index contributed by atoms with van der Waals surface area (Å²) >= 11 is 0. The number of aryl methyl sites for hydroxylation is 1. The number of nitrogens with zero attached hydrogens (tertiary/aromatic N) is 1. The van der Waals surface area contributed by atoms with Crippen molar-refractivity contribution >= 4 is 36.6 Å². The average Bonchev–Trinajstić information content (AvgIpc) is 3.08. The molecule has 25 heavy (non-hydrogen) atoms. The zero-order valence-corrected chi connectivity index (χ0v) is 16.1. The highest BCUT2D eigenvalue weighted by atomic mass is 35.5. The van der Waals surface area contributed by atoms with Gasteiger partial charge in [-0.3, -0.25) is 14.5 Å². The van der Waals surface area contributed by atoms with Crippen LogP contribution in [0, 0.1) is 6.92 Å². The van der Waals surface area contributed by atoms with Gasteiger partial charge in [0.05, 0.1) is 19.1 Å². The fraction of sp³-hybridized carbons (Fsp3) is 0.529. The smallest absolute Gasteiger partial charge is 0.239 e. The Hall–Kier alpha value is -1.34. The van der Waals surface area contributed by atoms with Crippen molar-refractivity contribution in [2.75, 3.05) is 32.7 Å². The van der Waals surface area contributed by atoms with Gasteiger partial charge >= 0.3 is 0 Å². The van der Waals surface area contributed by atoms with Crippen molar-refractivity contribution in [3.63, 3.8) is 0 Å². The summed E-state index contributed by atoms with van der Waals surface area (Å²) in [4.78, 5) is 25.4. The van der Waals surface area contributed by atoms with Crippen LogP contribution in [-0.4, -0.2) is 49.4 Å². The lowest BCUT2D eigenvalue weighted by molar-refractivity contribution is -0.125. The molecule has 1 aliphatic rings. The van der Waals surface area contributed by atoms with E-state index in [4.69, 9.17) is 5.73 Å². The van der Waals surface area contributed by atoms with Crippen molar-refractivity contribution in [1.82, 2.24) is 15.5 Å². The van der Waals surface area contributed by atoms with E-state index in [-0.39, 0.29) is 55.8 Å². The standard InChI is InChI=1S/C17H26N4O2.2ClH/c1-13-4-6-14(7-5-13)15(21-8-2-3-9-21)11-19-17(23)12-20-16(22)10-18;;/h4-7,15H,2-3,8-12,18H2,1H3,(H,19,23)(H,20,22);2*1H. The molecule has 0 spiro atoms. The molecule has 1 unspecified atom stereocenters. The number of nitrogens with one attached hydrogen (secondary N) is 2. The van der Waals surface area contributed by atoms with Gasteiger partial charge in [-0.25, -0.2) is 0 Å². The van der Waals surface area contributed by atoms with Crippen LogP contribution in [-0.2, 0) is 9.59 Å². The molecular formula is C17H28Cl2N4O2. The number of benzene rings is 1. The van der Waals surface area contributed by atoms with E-state index in [2.05, 4.69) is 46.7 Å². The maximum atomic E-state index is 11.9. The summed E-state index contributed by atoms with van der Waals surface area (Å²) in [5, 5.41) is 5.40. The number of hydrogen-bond acceptors (Lipinski definition) is 4. The van der Waals surface area contributed by atoms with Crippen LogP contribution in [0.15, 0.2) is 24.3 Å². The average molecular weight is 391 g/mol. The number of nitrogens with two attached hydrogens (primary N) is 1. The zero-order chi connectivity index (χ0) is 16.7. The predicted octanol–water partition coefficient (Wildman–Crippen LogP) is 1.17. The highest BCUT2D eigenvalue weighted by molar-refractivity contribution is 5.86.